The third kappa shape index (κ3) is 3.40. The van der Waals surface area contributed by atoms with E-state index in [1.807, 2.05) is 35.7 Å². The molecule has 0 saturated carbocycles. The van der Waals surface area contributed by atoms with Gasteiger partial charge in [-0.3, -0.25) is 0 Å². The fourth-order valence-corrected chi connectivity index (χ4v) is 5.13. The maximum atomic E-state index is 12.7. The SMILES string of the molecule is O=S(=O)(NCC1CCCN1c1nccs1)c1ccc2ccccc2c1. The second kappa shape index (κ2) is 6.74. The molecule has 1 aliphatic rings. The third-order valence-electron chi connectivity index (χ3n) is 4.58. The lowest BCUT2D eigenvalue weighted by atomic mass is 10.1. The average molecular weight is 374 g/mol. The van der Waals surface area contributed by atoms with Gasteiger partial charge in [-0.15, -0.1) is 11.3 Å². The van der Waals surface area contributed by atoms with Gasteiger partial charge in [0.25, 0.3) is 0 Å². The lowest BCUT2D eigenvalue weighted by molar-refractivity contribution is 0.567. The molecule has 0 spiro atoms. The maximum Gasteiger partial charge on any atom is 0.240 e. The van der Waals surface area contributed by atoms with Crippen LogP contribution in [0.25, 0.3) is 10.8 Å². The largest absolute Gasteiger partial charge is 0.344 e. The van der Waals surface area contributed by atoms with E-state index in [-0.39, 0.29) is 6.04 Å². The second-order valence-electron chi connectivity index (χ2n) is 6.16. The molecular formula is C18H19N3O2S2. The van der Waals surface area contributed by atoms with Gasteiger partial charge in [-0.2, -0.15) is 0 Å². The van der Waals surface area contributed by atoms with Gasteiger partial charge in [0.2, 0.25) is 10.0 Å². The highest BCUT2D eigenvalue weighted by Crippen LogP contribution is 2.27. The molecule has 3 aromatic rings. The van der Waals surface area contributed by atoms with E-state index in [9.17, 15) is 8.42 Å². The van der Waals surface area contributed by atoms with Crippen LogP contribution in [0.5, 0.6) is 0 Å². The van der Waals surface area contributed by atoms with Crippen LogP contribution in [0.2, 0.25) is 0 Å². The molecule has 1 N–H and O–H groups in total. The van der Waals surface area contributed by atoms with Gasteiger partial charge in [0, 0.05) is 30.7 Å². The number of nitrogens with one attached hydrogen (secondary N) is 1. The van der Waals surface area contributed by atoms with Crippen molar-refractivity contribution in [1.29, 1.82) is 0 Å². The summed E-state index contributed by atoms with van der Waals surface area (Å²) in [5, 5.41) is 4.87. The summed E-state index contributed by atoms with van der Waals surface area (Å²) in [5.41, 5.74) is 0. The minimum Gasteiger partial charge on any atom is -0.344 e. The fraction of sp³-hybridized carbons (Fsp3) is 0.278. The van der Waals surface area contributed by atoms with Crippen molar-refractivity contribution in [2.45, 2.75) is 23.8 Å². The molecule has 2 heterocycles. The lowest BCUT2D eigenvalue weighted by Gasteiger charge is -2.24. The van der Waals surface area contributed by atoms with Gasteiger partial charge in [0.05, 0.1) is 4.90 Å². The number of aromatic nitrogens is 1. The van der Waals surface area contributed by atoms with E-state index < -0.39 is 10.0 Å². The van der Waals surface area contributed by atoms with Crippen LogP contribution in [0.3, 0.4) is 0 Å². The van der Waals surface area contributed by atoms with Gasteiger partial charge in [0.1, 0.15) is 0 Å². The summed E-state index contributed by atoms with van der Waals surface area (Å²) in [6, 6.07) is 13.2. The van der Waals surface area contributed by atoms with E-state index in [2.05, 4.69) is 14.6 Å². The zero-order valence-electron chi connectivity index (χ0n) is 13.6. The van der Waals surface area contributed by atoms with Crippen molar-refractivity contribution in [3.63, 3.8) is 0 Å². The molecule has 130 valence electrons. The van der Waals surface area contributed by atoms with Crippen molar-refractivity contribution in [3.05, 3.63) is 54.0 Å². The molecule has 1 fully saturated rings. The Hall–Kier alpha value is -1.96. The molecule has 0 amide bonds. The fourth-order valence-electron chi connectivity index (χ4n) is 3.28. The zero-order valence-corrected chi connectivity index (χ0v) is 15.3. The summed E-state index contributed by atoms with van der Waals surface area (Å²) in [4.78, 5) is 6.86. The Labute approximate surface area is 151 Å². The summed E-state index contributed by atoms with van der Waals surface area (Å²) in [5.74, 6) is 0. The molecule has 1 aliphatic heterocycles. The molecule has 1 atom stereocenters. The van der Waals surface area contributed by atoms with Crippen LogP contribution in [-0.2, 0) is 10.0 Å². The summed E-state index contributed by atoms with van der Waals surface area (Å²) in [6.07, 6.45) is 3.82. The molecule has 2 aromatic carbocycles. The highest BCUT2D eigenvalue weighted by Gasteiger charge is 2.28. The zero-order chi connectivity index (χ0) is 17.3. The molecule has 0 aliphatic carbocycles. The Morgan fingerprint density at radius 2 is 2.04 bits per heavy atom. The van der Waals surface area contributed by atoms with Gasteiger partial charge in [0.15, 0.2) is 5.13 Å². The Kier molecular flexibility index (Phi) is 4.45. The lowest BCUT2D eigenvalue weighted by Crippen LogP contribution is -2.40. The first-order chi connectivity index (χ1) is 12.1. The standard InChI is InChI=1S/C18H19N3O2S2/c22-25(23,17-8-7-14-4-1-2-5-15(14)12-17)20-13-16-6-3-10-21(16)18-19-9-11-24-18/h1-2,4-5,7-9,11-12,16,20H,3,6,10,13H2. The molecule has 7 heteroatoms. The Bertz CT molecular complexity index is 971. The highest BCUT2D eigenvalue weighted by atomic mass is 32.2. The van der Waals surface area contributed by atoms with Gasteiger partial charge in [-0.25, -0.2) is 18.1 Å². The van der Waals surface area contributed by atoms with Crippen LogP contribution in [0.15, 0.2) is 58.9 Å². The number of hydrogen-bond acceptors (Lipinski definition) is 5. The van der Waals surface area contributed by atoms with Crippen molar-refractivity contribution in [1.82, 2.24) is 9.71 Å². The van der Waals surface area contributed by atoms with Gasteiger partial charge < -0.3 is 4.90 Å². The number of benzene rings is 2. The molecular weight excluding hydrogens is 354 g/mol. The topological polar surface area (TPSA) is 62.3 Å². The first kappa shape index (κ1) is 16.5. The molecule has 0 radical (unpaired) electrons. The normalized spacial score (nSPS) is 18.1. The number of thiazole rings is 1. The van der Waals surface area contributed by atoms with E-state index in [1.165, 1.54) is 0 Å². The Morgan fingerprint density at radius 1 is 1.20 bits per heavy atom. The van der Waals surface area contributed by atoms with E-state index in [4.69, 9.17) is 0 Å². The molecule has 25 heavy (non-hydrogen) atoms. The number of anilines is 1. The minimum atomic E-state index is -3.53. The average Bonchev–Trinajstić information content (AvgIpc) is 3.30. The van der Waals surface area contributed by atoms with Crippen LogP contribution in [0, 0.1) is 0 Å². The first-order valence-corrected chi connectivity index (χ1v) is 10.6. The van der Waals surface area contributed by atoms with Crippen molar-refractivity contribution in [2.24, 2.45) is 0 Å². The second-order valence-corrected chi connectivity index (χ2v) is 8.80. The summed E-state index contributed by atoms with van der Waals surface area (Å²) < 4.78 is 28.1. The quantitative estimate of drug-likeness (QED) is 0.746. The van der Waals surface area contributed by atoms with Crippen molar-refractivity contribution < 1.29 is 8.42 Å². The number of rotatable bonds is 5. The predicted octanol–water partition coefficient (Wildman–Crippen LogP) is 3.24. The smallest absolute Gasteiger partial charge is 0.240 e. The molecule has 4 rings (SSSR count). The molecule has 1 saturated heterocycles. The number of sulfonamides is 1. The molecule has 0 bridgehead atoms. The Balaban J connectivity index is 1.50. The maximum absolute atomic E-state index is 12.7. The van der Waals surface area contributed by atoms with Crippen LogP contribution < -0.4 is 9.62 Å². The monoisotopic (exact) mass is 373 g/mol. The van der Waals surface area contributed by atoms with E-state index in [0.29, 0.717) is 11.4 Å². The van der Waals surface area contributed by atoms with E-state index >= 15 is 0 Å². The van der Waals surface area contributed by atoms with Gasteiger partial charge >= 0.3 is 0 Å². The van der Waals surface area contributed by atoms with Crippen molar-refractivity contribution in [3.8, 4) is 0 Å². The van der Waals surface area contributed by atoms with Crippen molar-refractivity contribution in [2.75, 3.05) is 18.0 Å². The van der Waals surface area contributed by atoms with E-state index in [1.54, 1.807) is 29.7 Å². The predicted molar refractivity (Wildman–Crippen MR) is 102 cm³/mol. The molecule has 1 unspecified atom stereocenters. The van der Waals surface area contributed by atoms with Gasteiger partial charge in [-0.05, 0) is 35.7 Å². The molecule has 5 nitrogen and oxygen atoms in total. The van der Waals surface area contributed by atoms with Gasteiger partial charge in [-0.1, -0.05) is 30.3 Å². The minimum absolute atomic E-state index is 0.154. The van der Waals surface area contributed by atoms with Crippen molar-refractivity contribution >= 4 is 37.3 Å². The van der Waals surface area contributed by atoms with Crippen LogP contribution in [0.1, 0.15) is 12.8 Å². The summed E-state index contributed by atoms with van der Waals surface area (Å²) in [7, 11) is -3.53. The van der Waals surface area contributed by atoms with Crippen LogP contribution in [-0.4, -0.2) is 32.5 Å². The number of nitrogens with zero attached hydrogens (tertiary/aromatic N) is 2. The Morgan fingerprint density at radius 3 is 2.84 bits per heavy atom. The highest BCUT2D eigenvalue weighted by molar-refractivity contribution is 7.89. The first-order valence-electron chi connectivity index (χ1n) is 8.28. The van der Waals surface area contributed by atoms with E-state index in [0.717, 1.165) is 35.3 Å². The third-order valence-corrected chi connectivity index (χ3v) is 6.81. The summed E-state index contributed by atoms with van der Waals surface area (Å²) >= 11 is 1.59. The number of hydrogen-bond donors (Lipinski definition) is 1. The van der Waals surface area contributed by atoms with Crippen LogP contribution >= 0.6 is 11.3 Å². The summed E-state index contributed by atoms with van der Waals surface area (Å²) in [6.45, 7) is 1.32. The van der Waals surface area contributed by atoms with Crippen LogP contribution in [0.4, 0.5) is 5.13 Å². The molecule has 1 aromatic heterocycles. The number of fused-ring (bicyclic) bond motifs is 1.